The van der Waals surface area contributed by atoms with Crippen LogP contribution in [0.1, 0.15) is 18.7 Å². The lowest BCUT2D eigenvalue weighted by atomic mass is 9.96. The standard InChI is InChI=1S/C13H18N4O5/c1-6-10(22-9(4-18)11(6)21-5-19)7-2-3-8-12(20)15-13(14)16-17(7)8/h2-3,6,9-11,18-19H,4-5H2,1H3,(H3,14,15,16,20)/t6-,9-,10+,11+/m1/s1. The largest absolute Gasteiger partial charge is 0.394 e. The molecule has 0 unspecified atom stereocenters. The van der Waals surface area contributed by atoms with Gasteiger partial charge in [0.15, 0.2) is 0 Å². The zero-order chi connectivity index (χ0) is 15.9. The van der Waals surface area contributed by atoms with Crippen molar-refractivity contribution in [3.05, 3.63) is 28.2 Å². The Bertz CT molecular complexity index is 727. The van der Waals surface area contributed by atoms with Gasteiger partial charge in [-0.1, -0.05) is 6.92 Å². The van der Waals surface area contributed by atoms with E-state index >= 15 is 0 Å². The lowest BCUT2D eigenvalue weighted by molar-refractivity contribution is -0.0965. The molecule has 1 aliphatic heterocycles. The van der Waals surface area contributed by atoms with Gasteiger partial charge in [-0.15, -0.1) is 5.10 Å². The Kier molecular flexibility index (Phi) is 3.87. The smallest absolute Gasteiger partial charge is 0.276 e. The number of aliphatic hydroxyl groups is 2. The molecule has 5 N–H and O–H groups in total. The molecule has 0 spiro atoms. The average molecular weight is 310 g/mol. The number of nitrogens with zero attached hydrogens (tertiary/aromatic N) is 2. The summed E-state index contributed by atoms with van der Waals surface area (Å²) >= 11 is 0. The number of aromatic nitrogens is 3. The molecule has 1 saturated heterocycles. The molecule has 2 aromatic rings. The highest BCUT2D eigenvalue weighted by Gasteiger charge is 2.44. The first-order chi connectivity index (χ1) is 10.6. The van der Waals surface area contributed by atoms with E-state index in [1.807, 2.05) is 6.92 Å². The molecule has 0 saturated carbocycles. The van der Waals surface area contributed by atoms with Crippen LogP contribution in [0.3, 0.4) is 0 Å². The number of hydrogen-bond donors (Lipinski definition) is 4. The second-order valence-electron chi connectivity index (χ2n) is 5.29. The van der Waals surface area contributed by atoms with Gasteiger partial charge in [0.2, 0.25) is 5.95 Å². The Morgan fingerprint density at radius 3 is 2.95 bits per heavy atom. The van der Waals surface area contributed by atoms with Crippen LogP contribution in [0.2, 0.25) is 0 Å². The summed E-state index contributed by atoms with van der Waals surface area (Å²) in [6, 6.07) is 3.36. The minimum atomic E-state index is -0.558. The topological polar surface area (TPSA) is 135 Å². The summed E-state index contributed by atoms with van der Waals surface area (Å²) in [6.45, 7) is 1.20. The van der Waals surface area contributed by atoms with Crippen LogP contribution in [0.15, 0.2) is 16.9 Å². The van der Waals surface area contributed by atoms with Gasteiger partial charge in [-0.2, -0.15) is 0 Å². The molecule has 1 fully saturated rings. The van der Waals surface area contributed by atoms with E-state index in [9.17, 15) is 9.90 Å². The monoisotopic (exact) mass is 310 g/mol. The molecule has 0 aromatic carbocycles. The molecule has 0 bridgehead atoms. The van der Waals surface area contributed by atoms with Gasteiger partial charge in [0, 0.05) is 5.92 Å². The molecule has 3 rings (SSSR count). The molecule has 2 aromatic heterocycles. The molecule has 9 nitrogen and oxygen atoms in total. The molecule has 3 heterocycles. The summed E-state index contributed by atoms with van der Waals surface area (Å²) in [6.07, 6.45) is -1.45. The van der Waals surface area contributed by atoms with Crippen molar-refractivity contribution in [1.29, 1.82) is 0 Å². The van der Waals surface area contributed by atoms with E-state index in [2.05, 4.69) is 10.1 Å². The molecule has 0 radical (unpaired) electrons. The van der Waals surface area contributed by atoms with E-state index in [1.165, 1.54) is 4.52 Å². The van der Waals surface area contributed by atoms with Gasteiger partial charge in [-0.05, 0) is 12.1 Å². The van der Waals surface area contributed by atoms with Crippen LogP contribution in [-0.4, -0.2) is 50.4 Å². The third-order valence-corrected chi connectivity index (χ3v) is 3.99. The zero-order valence-electron chi connectivity index (χ0n) is 12.0. The fourth-order valence-electron chi connectivity index (χ4n) is 2.99. The molecular formula is C13H18N4O5. The Hall–Kier alpha value is -1.94. The number of aliphatic hydroxyl groups excluding tert-OH is 2. The lowest BCUT2D eigenvalue weighted by Crippen LogP contribution is -2.31. The van der Waals surface area contributed by atoms with Gasteiger partial charge in [0.25, 0.3) is 5.56 Å². The van der Waals surface area contributed by atoms with Crippen LogP contribution < -0.4 is 11.3 Å². The molecule has 0 aliphatic carbocycles. The third kappa shape index (κ3) is 2.28. The van der Waals surface area contributed by atoms with Crippen LogP contribution in [-0.2, 0) is 9.47 Å². The summed E-state index contributed by atoms with van der Waals surface area (Å²) in [5, 5.41) is 22.5. The van der Waals surface area contributed by atoms with Gasteiger partial charge >= 0.3 is 0 Å². The maximum atomic E-state index is 11.9. The summed E-state index contributed by atoms with van der Waals surface area (Å²) in [7, 11) is 0. The number of hydrogen-bond acceptors (Lipinski definition) is 7. The number of nitrogens with one attached hydrogen (secondary N) is 1. The van der Waals surface area contributed by atoms with Crippen molar-refractivity contribution in [3.8, 4) is 0 Å². The van der Waals surface area contributed by atoms with E-state index < -0.39 is 25.1 Å². The maximum absolute atomic E-state index is 11.9. The van der Waals surface area contributed by atoms with Crippen molar-refractivity contribution >= 4 is 11.5 Å². The van der Waals surface area contributed by atoms with Gasteiger partial charge in [-0.3, -0.25) is 9.78 Å². The average Bonchev–Trinajstić information content (AvgIpc) is 3.02. The van der Waals surface area contributed by atoms with E-state index in [0.29, 0.717) is 11.2 Å². The quantitative estimate of drug-likeness (QED) is 0.532. The highest BCUT2D eigenvalue weighted by molar-refractivity contribution is 5.48. The molecule has 9 heteroatoms. The Labute approximate surface area is 125 Å². The predicted octanol–water partition coefficient (Wildman–Crippen LogP) is -0.992. The van der Waals surface area contributed by atoms with Crippen LogP contribution in [0, 0.1) is 5.92 Å². The molecular weight excluding hydrogens is 292 g/mol. The number of anilines is 1. The van der Waals surface area contributed by atoms with Crippen molar-refractivity contribution in [2.24, 2.45) is 5.92 Å². The third-order valence-electron chi connectivity index (χ3n) is 3.99. The number of nitrogen functional groups attached to an aromatic ring is 1. The van der Waals surface area contributed by atoms with Crippen molar-refractivity contribution in [1.82, 2.24) is 14.6 Å². The second kappa shape index (κ2) is 5.69. The molecule has 4 atom stereocenters. The first-order valence-electron chi connectivity index (χ1n) is 6.93. The molecule has 0 amide bonds. The summed E-state index contributed by atoms with van der Waals surface area (Å²) in [5.41, 5.74) is 6.24. The van der Waals surface area contributed by atoms with Crippen LogP contribution in [0.5, 0.6) is 0 Å². The first kappa shape index (κ1) is 15.0. The van der Waals surface area contributed by atoms with Crippen molar-refractivity contribution in [3.63, 3.8) is 0 Å². The molecule has 1 aliphatic rings. The number of rotatable bonds is 4. The lowest BCUT2D eigenvalue weighted by Gasteiger charge is -2.19. The van der Waals surface area contributed by atoms with Crippen molar-refractivity contribution in [2.75, 3.05) is 19.1 Å². The second-order valence-corrected chi connectivity index (χ2v) is 5.29. The van der Waals surface area contributed by atoms with E-state index in [1.54, 1.807) is 12.1 Å². The van der Waals surface area contributed by atoms with Crippen LogP contribution >= 0.6 is 0 Å². The van der Waals surface area contributed by atoms with Gasteiger partial charge in [0.05, 0.1) is 18.4 Å². The zero-order valence-corrected chi connectivity index (χ0v) is 12.0. The molecule has 120 valence electrons. The Morgan fingerprint density at radius 1 is 1.50 bits per heavy atom. The minimum Gasteiger partial charge on any atom is -0.394 e. The summed E-state index contributed by atoms with van der Waals surface area (Å²) < 4.78 is 12.5. The summed E-state index contributed by atoms with van der Waals surface area (Å²) in [5.74, 6) is -0.146. The first-order valence-corrected chi connectivity index (χ1v) is 6.93. The predicted molar refractivity (Wildman–Crippen MR) is 76.0 cm³/mol. The Morgan fingerprint density at radius 2 is 2.27 bits per heavy atom. The van der Waals surface area contributed by atoms with E-state index in [4.69, 9.17) is 20.3 Å². The van der Waals surface area contributed by atoms with Crippen LogP contribution in [0.25, 0.3) is 5.52 Å². The number of ether oxygens (including phenoxy) is 2. The highest BCUT2D eigenvalue weighted by atomic mass is 16.6. The van der Waals surface area contributed by atoms with Gasteiger partial charge < -0.3 is 25.4 Å². The van der Waals surface area contributed by atoms with Crippen LogP contribution in [0.4, 0.5) is 5.95 Å². The fraction of sp³-hybridized carbons (Fsp3) is 0.538. The summed E-state index contributed by atoms with van der Waals surface area (Å²) in [4.78, 5) is 14.3. The normalized spacial score (nSPS) is 28.5. The number of fused-ring (bicyclic) bond motifs is 1. The minimum absolute atomic E-state index is 0.00228. The number of nitrogens with two attached hydrogens (primary N) is 1. The van der Waals surface area contributed by atoms with E-state index in [-0.39, 0.29) is 24.0 Å². The van der Waals surface area contributed by atoms with Gasteiger partial charge in [0.1, 0.15) is 24.5 Å². The van der Waals surface area contributed by atoms with Crippen molar-refractivity contribution < 1.29 is 19.7 Å². The SMILES string of the molecule is C[C@H]1[C@H](OCO)[C@@H](CO)O[C@@H]1c1ccc2c(=O)[nH]c(N)nn12. The highest BCUT2D eigenvalue weighted by Crippen LogP contribution is 2.39. The Balaban J connectivity index is 2.03. The number of aromatic amines is 1. The maximum Gasteiger partial charge on any atom is 0.276 e. The van der Waals surface area contributed by atoms with Crippen molar-refractivity contribution in [2.45, 2.75) is 25.2 Å². The molecule has 22 heavy (non-hydrogen) atoms. The van der Waals surface area contributed by atoms with Gasteiger partial charge in [-0.25, -0.2) is 4.52 Å². The fourth-order valence-corrected chi connectivity index (χ4v) is 2.99. The number of H-pyrrole nitrogens is 1. The van der Waals surface area contributed by atoms with E-state index in [0.717, 1.165) is 0 Å².